The molecule has 0 aliphatic carbocycles. The molecule has 0 aromatic rings. The van der Waals surface area contributed by atoms with Crippen molar-refractivity contribution >= 4 is 5.91 Å². The zero-order valence-electron chi connectivity index (χ0n) is 75.6. The maximum absolute atomic E-state index is 14.6. The highest BCUT2D eigenvalue weighted by Crippen LogP contribution is 2.30. The van der Waals surface area contributed by atoms with E-state index in [1.54, 1.807) is 0 Å². The van der Waals surface area contributed by atoms with Gasteiger partial charge >= 0.3 is 0 Å². The monoisotopic (exact) mass is 1710 g/mol. The molecule has 0 radical (unpaired) electrons. The Hall–Kier alpha value is -1.99. The second-order valence-corrected chi connectivity index (χ2v) is 36.2. The molecule has 8 aliphatic rings. The summed E-state index contributed by atoms with van der Waals surface area (Å²) in [5.74, 6) is -6.15. The molecule has 8 rings (SSSR count). The van der Waals surface area contributed by atoms with Gasteiger partial charge in [-0.25, -0.2) is 0 Å². The SMILES string of the molecule is CCCCCCCC/C=C\CCCCCCCC(=O)NC(COC(COC(COCC1COC(C)(C)O1)COCC1COC(C)(C)O1)COC(COCC1COC(C)(C)O1)COCC1COC(C)(C)O1)COC(COC(COCC1COC(C)(C)O1)COCC1COC(C)(C)O1)COC(COCC1COC(C)(C)O1)COCC1COC(C)(C)O1. The fraction of sp³-hybridized carbons (Fsp3) is 0.966. The van der Waals surface area contributed by atoms with Crippen LogP contribution in [0.4, 0.5) is 0 Å². The molecule has 8 unspecified atom stereocenters. The van der Waals surface area contributed by atoms with Crippen LogP contribution >= 0.6 is 0 Å². The van der Waals surface area contributed by atoms with E-state index in [0.29, 0.717) is 59.3 Å². The molecule has 0 saturated carbocycles. The molecule has 8 heterocycles. The Morgan fingerprint density at radius 1 is 0.277 bits per heavy atom. The average Bonchev–Trinajstić information content (AvgIpc) is 1.15. The minimum atomic E-state index is -0.799. The summed E-state index contributed by atoms with van der Waals surface area (Å²) in [7, 11) is 0. The maximum Gasteiger partial charge on any atom is 0.220 e. The molecule has 32 heteroatoms. The van der Waals surface area contributed by atoms with Crippen LogP contribution in [0.1, 0.15) is 208 Å². The standard InChI is InChI=1S/C87H157NO31/c1-18-19-20-21-22-23-24-25-26-27-28-29-30-31-32-33-79(89)88-64(34-98-69(52-100-65(36-90-44-71-56-104-80(2,3)112-71)37-91-45-72-57-105-81(4,5)113-72)53-101-66(38-92-46-73-58-106-82(6,7)114-73)39-93-47-74-59-107-83(8,9)115-74)35-99-70(54-102-67(40-94-48-75-60-108-84(10,11)116-75)41-95-49-76-61-109-85(12,13)117-76)55-103-68(42-96-50-77-62-110-86(14,15)118-77)43-97-51-78-63-111-87(16,17)119-78/h25-26,64-78H,18-24,27-63H2,1-17H3,(H,88,89)/b26-25-. The van der Waals surface area contributed by atoms with Gasteiger partial charge in [0.2, 0.25) is 5.91 Å². The van der Waals surface area contributed by atoms with Crippen LogP contribution in [0.3, 0.4) is 0 Å². The average molecular weight is 1710 g/mol. The summed E-state index contributed by atoms with van der Waals surface area (Å²) in [4.78, 5) is 14.6. The van der Waals surface area contributed by atoms with E-state index in [4.69, 9.17) is 142 Å². The molecule has 0 aromatic heterocycles. The number of allylic oxidation sites excluding steroid dienone is 2. The van der Waals surface area contributed by atoms with Crippen molar-refractivity contribution < 1.29 is 147 Å². The van der Waals surface area contributed by atoms with Crippen molar-refractivity contribution in [3.8, 4) is 0 Å². The molecule has 1 amide bonds. The Morgan fingerprint density at radius 2 is 0.471 bits per heavy atom. The summed E-state index contributed by atoms with van der Waals surface area (Å²) in [5, 5.41) is 3.32. The van der Waals surface area contributed by atoms with Crippen LogP contribution in [0.25, 0.3) is 0 Å². The number of ether oxygens (including phenoxy) is 30. The van der Waals surface area contributed by atoms with Crippen LogP contribution in [0.15, 0.2) is 12.2 Å². The summed E-state index contributed by atoms with van der Waals surface area (Å²) in [6, 6.07) is -0.761. The number of rotatable bonds is 66. The largest absolute Gasteiger partial charge is 0.376 e. The Morgan fingerprint density at radius 3 is 0.681 bits per heavy atom. The van der Waals surface area contributed by atoms with E-state index in [9.17, 15) is 4.79 Å². The lowest BCUT2D eigenvalue weighted by Gasteiger charge is -2.29. The van der Waals surface area contributed by atoms with Crippen molar-refractivity contribution in [3.63, 3.8) is 0 Å². The predicted molar refractivity (Wildman–Crippen MR) is 436 cm³/mol. The maximum atomic E-state index is 14.6. The van der Waals surface area contributed by atoms with Crippen LogP contribution < -0.4 is 5.32 Å². The van der Waals surface area contributed by atoms with Crippen LogP contribution in [0.5, 0.6) is 0 Å². The lowest BCUT2D eigenvalue weighted by atomic mass is 10.1. The first-order valence-electron chi connectivity index (χ1n) is 44.4. The van der Waals surface area contributed by atoms with Crippen molar-refractivity contribution in [3.05, 3.63) is 12.2 Å². The molecule has 8 atom stereocenters. The summed E-state index contributed by atoms with van der Waals surface area (Å²) >= 11 is 0. The van der Waals surface area contributed by atoms with Crippen molar-refractivity contribution in [1.82, 2.24) is 5.32 Å². The van der Waals surface area contributed by atoms with Crippen LogP contribution in [-0.4, -0.2) is 342 Å². The number of carbonyl (C=O) groups is 1. The Bertz CT molecular complexity index is 2320. The Balaban J connectivity index is 1.04. The molecule has 8 aliphatic heterocycles. The molecular formula is C87H157NO31. The fourth-order valence-corrected chi connectivity index (χ4v) is 14.5. The second kappa shape index (κ2) is 52.5. The summed E-state index contributed by atoms with van der Waals surface area (Å²) in [6.07, 6.45) is 13.1. The summed E-state index contributed by atoms with van der Waals surface area (Å²) < 4.78 is 188. The molecular weight excluding hydrogens is 1550 g/mol. The van der Waals surface area contributed by atoms with Gasteiger partial charge in [-0.2, -0.15) is 0 Å². The summed E-state index contributed by atoms with van der Waals surface area (Å²) in [5.41, 5.74) is 0. The minimum Gasteiger partial charge on any atom is -0.376 e. The van der Waals surface area contributed by atoms with Crippen LogP contribution in [0.2, 0.25) is 0 Å². The van der Waals surface area contributed by atoms with Gasteiger partial charge in [0.1, 0.15) is 85.5 Å². The zero-order valence-corrected chi connectivity index (χ0v) is 75.6. The fourth-order valence-electron chi connectivity index (χ4n) is 14.5. The van der Waals surface area contributed by atoms with Crippen LogP contribution in [0, 0.1) is 0 Å². The minimum absolute atomic E-state index is 0.0228. The number of hydrogen-bond donors (Lipinski definition) is 1. The first kappa shape index (κ1) is 102. The van der Waals surface area contributed by atoms with E-state index in [0.717, 1.165) is 38.5 Å². The van der Waals surface area contributed by atoms with Gasteiger partial charge in [-0.3, -0.25) is 4.79 Å². The molecule has 0 bridgehead atoms. The van der Waals surface area contributed by atoms with Gasteiger partial charge in [-0.05, 0) is 143 Å². The highest BCUT2D eigenvalue weighted by Gasteiger charge is 2.41. The number of nitrogens with one attached hydrogen (secondary N) is 1. The third-order valence-corrected chi connectivity index (χ3v) is 20.6. The van der Waals surface area contributed by atoms with E-state index >= 15 is 0 Å². The molecule has 32 nitrogen and oxygen atoms in total. The topological polar surface area (TPSA) is 306 Å². The van der Waals surface area contributed by atoms with Crippen molar-refractivity contribution in [2.24, 2.45) is 0 Å². The third kappa shape index (κ3) is 44.1. The molecule has 8 saturated heterocycles. The lowest BCUT2D eigenvalue weighted by Crippen LogP contribution is -2.45. The predicted octanol–water partition coefficient (Wildman–Crippen LogP) is 10.2. The first-order chi connectivity index (χ1) is 56.6. The van der Waals surface area contributed by atoms with Crippen molar-refractivity contribution in [1.29, 1.82) is 0 Å². The van der Waals surface area contributed by atoms with Gasteiger partial charge in [0.15, 0.2) is 46.3 Å². The van der Waals surface area contributed by atoms with Gasteiger partial charge < -0.3 is 147 Å². The Labute approximate surface area is 711 Å². The van der Waals surface area contributed by atoms with E-state index in [-0.39, 0.29) is 207 Å². The van der Waals surface area contributed by atoms with Gasteiger partial charge in [0.05, 0.1) is 204 Å². The number of unbranched alkanes of at least 4 members (excludes halogenated alkanes) is 11. The second-order valence-electron chi connectivity index (χ2n) is 36.2. The molecule has 119 heavy (non-hydrogen) atoms. The van der Waals surface area contributed by atoms with E-state index in [1.165, 1.54) is 38.5 Å². The van der Waals surface area contributed by atoms with Gasteiger partial charge in [0.25, 0.3) is 0 Å². The highest BCUT2D eigenvalue weighted by atomic mass is 16.8. The van der Waals surface area contributed by atoms with E-state index in [2.05, 4.69) is 24.4 Å². The van der Waals surface area contributed by atoms with Crippen LogP contribution in [-0.2, 0) is 147 Å². The third-order valence-electron chi connectivity index (χ3n) is 20.6. The smallest absolute Gasteiger partial charge is 0.220 e. The zero-order chi connectivity index (χ0) is 85.7. The van der Waals surface area contributed by atoms with E-state index in [1.807, 2.05) is 111 Å². The number of amides is 1. The van der Waals surface area contributed by atoms with E-state index < -0.39 is 89.0 Å². The quantitative estimate of drug-likeness (QED) is 0.0437. The molecule has 696 valence electrons. The first-order valence-corrected chi connectivity index (χ1v) is 44.4. The lowest BCUT2D eigenvalue weighted by molar-refractivity contribution is -0.163. The molecule has 8 fully saturated rings. The van der Waals surface area contributed by atoms with Crippen molar-refractivity contribution in [2.45, 2.75) is 345 Å². The Kier molecular flexibility index (Phi) is 45.2. The number of hydrogen-bond acceptors (Lipinski definition) is 31. The van der Waals surface area contributed by atoms with Crippen molar-refractivity contribution in [2.75, 3.05) is 198 Å². The van der Waals surface area contributed by atoms with Gasteiger partial charge in [-0.1, -0.05) is 70.4 Å². The number of carbonyl (C=O) groups excluding carboxylic acids is 1. The molecule has 0 spiro atoms. The van der Waals surface area contributed by atoms with Gasteiger partial charge in [0, 0.05) is 6.42 Å². The van der Waals surface area contributed by atoms with Gasteiger partial charge in [-0.15, -0.1) is 0 Å². The summed E-state index contributed by atoms with van der Waals surface area (Å²) in [6.45, 7) is 38.0. The molecule has 1 N–H and O–H groups in total. The molecule has 0 aromatic carbocycles. The normalized spacial score (nSPS) is 27.7. The highest BCUT2D eigenvalue weighted by molar-refractivity contribution is 5.76.